The highest BCUT2D eigenvalue weighted by atomic mass is 16.6. The SMILES string of the molecule is CCC(CC)(Cc1ccccc1)OC(=O)[C@H](C)C(O)(CC)CC. The third kappa shape index (κ3) is 4.81. The molecule has 1 aromatic carbocycles. The highest BCUT2D eigenvalue weighted by molar-refractivity contribution is 5.74. The number of esters is 1. The Kier molecular flexibility index (Phi) is 7.27. The molecular weight excluding hydrogens is 288 g/mol. The molecule has 0 bridgehead atoms. The van der Waals surface area contributed by atoms with Crippen LogP contribution in [0.5, 0.6) is 0 Å². The van der Waals surface area contributed by atoms with Crippen molar-refractivity contribution < 1.29 is 14.6 Å². The van der Waals surface area contributed by atoms with Gasteiger partial charge < -0.3 is 9.84 Å². The Morgan fingerprint density at radius 3 is 2.00 bits per heavy atom. The van der Waals surface area contributed by atoms with E-state index in [4.69, 9.17) is 4.74 Å². The van der Waals surface area contributed by atoms with E-state index in [9.17, 15) is 9.90 Å². The van der Waals surface area contributed by atoms with Crippen LogP contribution in [0, 0.1) is 5.92 Å². The lowest BCUT2D eigenvalue weighted by molar-refractivity contribution is -0.175. The second-order valence-electron chi connectivity index (χ2n) is 6.51. The minimum atomic E-state index is -0.989. The lowest BCUT2D eigenvalue weighted by atomic mass is 9.83. The van der Waals surface area contributed by atoms with Crippen LogP contribution < -0.4 is 0 Å². The summed E-state index contributed by atoms with van der Waals surface area (Å²) < 4.78 is 5.95. The largest absolute Gasteiger partial charge is 0.458 e. The quantitative estimate of drug-likeness (QED) is 0.681. The van der Waals surface area contributed by atoms with Gasteiger partial charge >= 0.3 is 5.97 Å². The number of carbonyl (C=O) groups is 1. The molecule has 1 aromatic rings. The van der Waals surface area contributed by atoms with E-state index < -0.39 is 17.1 Å². The first-order chi connectivity index (χ1) is 10.9. The van der Waals surface area contributed by atoms with Gasteiger partial charge in [0.2, 0.25) is 0 Å². The fourth-order valence-corrected chi connectivity index (χ4v) is 3.03. The van der Waals surface area contributed by atoms with Gasteiger partial charge in [0.25, 0.3) is 0 Å². The highest BCUT2D eigenvalue weighted by Crippen LogP contribution is 2.31. The molecule has 0 aromatic heterocycles. The van der Waals surface area contributed by atoms with Gasteiger partial charge in [0.05, 0.1) is 11.5 Å². The maximum Gasteiger partial charge on any atom is 0.312 e. The second-order valence-corrected chi connectivity index (χ2v) is 6.51. The van der Waals surface area contributed by atoms with Crippen molar-refractivity contribution in [1.29, 1.82) is 0 Å². The maximum atomic E-state index is 12.6. The number of hydrogen-bond donors (Lipinski definition) is 1. The van der Waals surface area contributed by atoms with E-state index >= 15 is 0 Å². The molecule has 1 atom stereocenters. The molecule has 0 aliphatic rings. The zero-order valence-corrected chi connectivity index (χ0v) is 15.3. The summed E-state index contributed by atoms with van der Waals surface area (Å²) in [5.41, 5.74) is -0.329. The van der Waals surface area contributed by atoms with Gasteiger partial charge in [-0.05, 0) is 38.2 Å². The van der Waals surface area contributed by atoms with Gasteiger partial charge in [-0.3, -0.25) is 4.79 Å². The third-order valence-corrected chi connectivity index (χ3v) is 5.36. The summed E-state index contributed by atoms with van der Waals surface area (Å²) >= 11 is 0. The molecule has 0 saturated carbocycles. The molecule has 0 fully saturated rings. The molecule has 3 heteroatoms. The monoisotopic (exact) mass is 320 g/mol. The van der Waals surface area contributed by atoms with Gasteiger partial charge in [0.1, 0.15) is 5.60 Å². The van der Waals surface area contributed by atoms with Gasteiger partial charge in [-0.2, -0.15) is 0 Å². The topological polar surface area (TPSA) is 46.5 Å². The van der Waals surface area contributed by atoms with E-state index in [0.29, 0.717) is 19.3 Å². The summed E-state index contributed by atoms with van der Waals surface area (Å²) in [7, 11) is 0. The summed E-state index contributed by atoms with van der Waals surface area (Å²) in [5, 5.41) is 10.6. The fourth-order valence-electron chi connectivity index (χ4n) is 3.03. The molecule has 130 valence electrons. The van der Waals surface area contributed by atoms with Gasteiger partial charge in [-0.25, -0.2) is 0 Å². The molecule has 1 rings (SSSR count). The predicted octanol–water partition coefficient (Wildman–Crippen LogP) is 4.52. The van der Waals surface area contributed by atoms with Crippen LogP contribution in [0.1, 0.15) is 65.9 Å². The van der Waals surface area contributed by atoms with E-state index in [2.05, 4.69) is 26.0 Å². The van der Waals surface area contributed by atoms with Crippen LogP contribution in [0.25, 0.3) is 0 Å². The third-order valence-electron chi connectivity index (χ3n) is 5.36. The van der Waals surface area contributed by atoms with Crippen molar-refractivity contribution >= 4 is 5.97 Å². The second kappa shape index (κ2) is 8.49. The number of aliphatic hydroxyl groups is 1. The summed E-state index contributed by atoms with van der Waals surface area (Å²) in [6.07, 6.45) is 3.31. The molecule has 0 unspecified atom stereocenters. The van der Waals surface area contributed by atoms with Crippen molar-refractivity contribution in [1.82, 2.24) is 0 Å². The van der Waals surface area contributed by atoms with Crippen LogP contribution in [-0.4, -0.2) is 22.3 Å². The molecule has 0 heterocycles. The predicted molar refractivity (Wildman–Crippen MR) is 94.2 cm³/mol. The van der Waals surface area contributed by atoms with Crippen LogP contribution in [0.15, 0.2) is 30.3 Å². The number of hydrogen-bond acceptors (Lipinski definition) is 3. The minimum absolute atomic E-state index is 0.296. The smallest absolute Gasteiger partial charge is 0.312 e. The molecule has 0 aliphatic heterocycles. The Labute approximate surface area is 141 Å². The maximum absolute atomic E-state index is 12.6. The number of carbonyl (C=O) groups excluding carboxylic acids is 1. The van der Waals surface area contributed by atoms with E-state index in [-0.39, 0.29) is 5.97 Å². The summed E-state index contributed by atoms with van der Waals surface area (Å²) in [6, 6.07) is 10.1. The average molecular weight is 320 g/mol. The van der Waals surface area contributed by atoms with Crippen LogP contribution in [0.3, 0.4) is 0 Å². The van der Waals surface area contributed by atoms with Crippen LogP contribution in [0.2, 0.25) is 0 Å². The lowest BCUT2D eigenvalue weighted by Crippen LogP contribution is -2.45. The zero-order chi connectivity index (χ0) is 17.5. The van der Waals surface area contributed by atoms with Crippen molar-refractivity contribution in [2.75, 3.05) is 0 Å². The normalized spacial score (nSPS) is 13.7. The van der Waals surface area contributed by atoms with Gasteiger partial charge in [-0.15, -0.1) is 0 Å². The first-order valence-corrected chi connectivity index (χ1v) is 8.85. The number of benzene rings is 1. The van der Waals surface area contributed by atoms with Gasteiger partial charge in [0.15, 0.2) is 0 Å². The molecule has 0 amide bonds. The van der Waals surface area contributed by atoms with Crippen molar-refractivity contribution in [2.24, 2.45) is 5.92 Å². The minimum Gasteiger partial charge on any atom is -0.458 e. The van der Waals surface area contributed by atoms with Crippen LogP contribution in [-0.2, 0) is 16.0 Å². The van der Waals surface area contributed by atoms with E-state index in [0.717, 1.165) is 18.4 Å². The average Bonchev–Trinajstić information content (AvgIpc) is 2.60. The van der Waals surface area contributed by atoms with Crippen LogP contribution >= 0.6 is 0 Å². The van der Waals surface area contributed by atoms with E-state index in [1.54, 1.807) is 6.92 Å². The summed E-state index contributed by atoms with van der Waals surface area (Å²) in [5.74, 6) is -0.818. The summed E-state index contributed by atoms with van der Waals surface area (Å²) in [6.45, 7) is 9.69. The molecule has 0 spiro atoms. The lowest BCUT2D eigenvalue weighted by Gasteiger charge is -2.36. The molecular formula is C20H32O3. The Hall–Kier alpha value is -1.35. The fraction of sp³-hybridized carbons (Fsp3) is 0.650. The van der Waals surface area contributed by atoms with Gasteiger partial charge in [0, 0.05) is 6.42 Å². The molecule has 3 nitrogen and oxygen atoms in total. The van der Waals surface area contributed by atoms with Gasteiger partial charge in [-0.1, -0.05) is 58.0 Å². The molecule has 0 aliphatic carbocycles. The number of ether oxygens (including phenoxy) is 1. The first kappa shape index (κ1) is 19.7. The van der Waals surface area contributed by atoms with Crippen molar-refractivity contribution in [2.45, 2.75) is 77.9 Å². The van der Waals surface area contributed by atoms with Crippen molar-refractivity contribution in [3.63, 3.8) is 0 Å². The van der Waals surface area contributed by atoms with E-state index in [1.807, 2.05) is 32.0 Å². The molecule has 0 radical (unpaired) electrons. The van der Waals surface area contributed by atoms with Crippen LogP contribution in [0.4, 0.5) is 0 Å². The molecule has 0 saturated heterocycles. The highest BCUT2D eigenvalue weighted by Gasteiger charge is 2.40. The van der Waals surface area contributed by atoms with Crippen molar-refractivity contribution in [3.8, 4) is 0 Å². The standard InChI is InChI=1S/C20H32O3/c1-6-19(7-2,15-17-13-11-10-12-14-17)23-18(21)16(5)20(22,8-3)9-4/h10-14,16,22H,6-9,15H2,1-5H3/t16-/m0/s1. The Morgan fingerprint density at radius 2 is 1.57 bits per heavy atom. The first-order valence-electron chi connectivity index (χ1n) is 8.85. The Morgan fingerprint density at radius 1 is 1.04 bits per heavy atom. The molecule has 23 heavy (non-hydrogen) atoms. The van der Waals surface area contributed by atoms with E-state index in [1.165, 1.54) is 0 Å². The van der Waals surface area contributed by atoms with Crippen molar-refractivity contribution in [3.05, 3.63) is 35.9 Å². The molecule has 1 N–H and O–H groups in total. The number of rotatable bonds is 9. The summed E-state index contributed by atoms with van der Waals surface area (Å²) in [4.78, 5) is 12.6. The zero-order valence-electron chi connectivity index (χ0n) is 15.3. The Bertz CT molecular complexity index is 473. The Balaban J connectivity index is 2.92.